The zero-order chi connectivity index (χ0) is 13.9. The summed E-state index contributed by atoms with van der Waals surface area (Å²) >= 11 is 0. The van der Waals surface area contributed by atoms with Crippen LogP contribution in [0.2, 0.25) is 0 Å². The van der Waals surface area contributed by atoms with Crippen molar-refractivity contribution in [1.82, 2.24) is 0 Å². The molecule has 0 saturated heterocycles. The average Bonchev–Trinajstić information content (AvgIpc) is 2.49. The van der Waals surface area contributed by atoms with Gasteiger partial charge in [0.1, 0.15) is 23.3 Å². The van der Waals surface area contributed by atoms with Gasteiger partial charge in [-0.1, -0.05) is 18.2 Å². The van der Waals surface area contributed by atoms with E-state index in [0.29, 0.717) is 28.8 Å². The predicted molar refractivity (Wildman–Crippen MR) is 74.4 cm³/mol. The minimum absolute atomic E-state index is 0.00854. The van der Waals surface area contributed by atoms with Crippen LogP contribution in [0.25, 0.3) is 11.0 Å². The summed E-state index contributed by atoms with van der Waals surface area (Å²) in [5.41, 5.74) is 0.0516. The van der Waals surface area contributed by atoms with Crippen LogP contribution in [0.5, 0.6) is 11.5 Å². The molecule has 0 N–H and O–H groups in total. The fourth-order valence-electron chi connectivity index (χ4n) is 1.89. The van der Waals surface area contributed by atoms with Gasteiger partial charge in [0, 0.05) is 6.07 Å². The number of rotatable bonds is 3. The number of benzene rings is 2. The minimum atomic E-state index is -0.340. The molecule has 0 aliphatic carbocycles. The van der Waals surface area contributed by atoms with Crippen molar-refractivity contribution < 1.29 is 13.9 Å². The standard InChI is InChI=1S/C16H10O4/c17-9-11-10-19-15-8-13(6-7-14(15)16(11)18)20-12-4-2-1-3-5-12/h1-10H. The number of ether oxygens (including phenoxy) is 1. The Balaban J connectivity index is 2.04. The Morgan fingerprint density at radius 2 is 1.80 bits per heavy atom. The summed E-state index contributed by atoms with van der Waals surface area (Å²) < 4.78 is 10.9. The monoisotopic (exact) mass is 266 g/mol. The van der Waals surface area contributed by atoms with Crippen LogP contribution in [0.15, 0.2) is 64.0 Å². The number of fused-ring (bicyclic) bond motifs is 1. The lowest BCUT2D eigenvalue weighted by molar-refractivity contribution is 0.112. The SMILES string of the molecule is O=Cc1coc2cc(Oc3ccccc3)ccc2c1=O. The van der Waals surface area contributed by atoms with Crippen molar-refractivity contribution in [3.05, 3.63) is 70.6 Å². The van der Waals surface area contributed by atoms with Gasteiger partial charge in [-0.05, 0) is 24.3 Å². The third kappa shape index (κ3) is 2.19. The van der Waals surface area contributed by atoms with Crippen molar-refractivity contribution in [3.63, 3.8) is 0 Å². The van der Waals surface area contributed by atoms with E-state index in [1.54, 1.807) is 18.2 Å². The van der Waals surface area contributed by atoms with Crippen LogP contribution < -0.4 is 10.2 Å². The Hall–Kier alpha value is -2.88. The van der Waals surface area contributed by atoms with Gasteiger partial charge in [0.2, 0.25) is 5.43 Å². The summed E-state index contributed by atoms with van der Waals surface area (Å²) in [5, 5.41) is 0.356. The van der Waals surface area contributed by atoms with Crippen LogP contribution in [0.4, 0.5) is 0 Å². The quantitative estimate of drug-likeness (QED) is 0.682. The summed E-state index contributed by atoms with van der Waals surface area (Å²) in [4.78, 5) is 22.6. The highest BCUT2D eigenvalue weighted by molar-refractivity contribution is 5.84. The van der Waals surface area contributed by atoms with Gasteiger partial charge in [-0.3, -0.25) is 9.59 Å². The second kappa shape index (κ2) is 5.01. The van der Waals surface area contributed by atoms with Crippen LogP contribution in [-0.2, 0) is 0 Å². The van der Waals surface area contributed by atoms with E-state index in [0.717, 1.165) is 6.26 Å². The molecule has 4 heteroatoms. The molecule has 98 valence electrons. The van der Waals surface area contributed by atoms with Gasteiger partial charge in [0.05, 0.1) is 10.9 Å². The van der Waals surface area contributed by atoms with E-state index in [1.807, 2.05) is 30.3 Å². The highest BCUT2D eigenvalue weighted by Gasteiger charge is 2.07. The normalized spacial score (nSPS) is 10.4. The van der Waals surface area contributed by atoms with Crippen LogP contribution in [-0.4, -0.2) is 6.29 Å². The number of aldehydes is 1. The Morgan fingerprint density at radius 1 is 1.00 bits per heavy atom. The van der Waals surface area contributed by atoms with Crippen molar-refractivity contribution in [2.45, 2.75) is 0 Å². The molecule has 1 heterocycles. The first-order chi connectivity index (χ1) is 9.78. The lowest BCUT2D eigenvalue weighted by Crippen LogP contribution is -2.07. The van der Waals surface area contributed by atoms with Crippen molar-refractivity contribution >= 4 is 17.3 Å². The number of carbonyl (C=O) groups is 1. The summed E-state index contributed by atoms with van der Waals surface area (Å²) in [6.07, 6.45) is 1.64. The smallest absolute Gasteiger partial charge is 0.203 e. The van der Waals surface area contributed by atoms with Gasteiger partial charge in [-0.15, -0.1) is 0 Å². The lowest BCUT2D eigenvalue weighted by Gasteiger charge is -2.06. The third-order valence-corrected chi connectivity index (χ3v) is 2.88. The topological polar surface area (TPSA) is 56.5 Å². The second-order valence-corrected chi connectivity index (χ2v) is 4.21. The first-order valence-electron chi connectivity index (χ1n) is 6.01. The molecule has 0 radical (unpaired) electrons. The van der Waals surface area contributed by atoms with E-state index in [2.05, 4.69) is 0 Å². The maximum Gasteiger partial charge on any atom is 0.203 e. The molecule has 3 rings (SSSR count). The highest BCUT2D eigenvalue weighted by Crippen LogP contribution is 2.24. The van der Waals surface area contributed by atoms with Gasteiger partial charge in [0.15, 0.2) is 6.29 Å². The van der Waals surface area contributed by atoms with Crippen LogP contribution in [0.1, 0.15) is 10.4 Å². The maximum atomic E-state index is 11.9. The number of para-hydroxylation sites is 1. The van der Waals surface area contributed by atoms with Crippen molar-refractivity contribution in [1.29, 1.82) is 0 Å². The molecule has 1 aromatic heterocycles. The van der Waals surface area contributed by atoms with Gasteiger partial charge in [0.25, 0.3) is 0 Å². The number of carbonyl (C=O) groups excluding carboxylic acids is 1. The summed E-state index contributed by atoms with van der Waals surface area (Å²) in [6, 6.07) is 14.2. The molecule has 20 heavy (non-hydrogen) atoms. The fourth-order valence-corrected chi connectivity index (χ4v) is 1.89. The van der Waals surface area contributed by atoms with E-state index in [4.69, 9.17) is 9.15 Å². The van der Waals surface area contributed by atoms with Crippen molar-refractivity contribution in [3.8, 4) is 11.5 Å². The summed E-state index contributed by atoms with van der Waals surface area (Å²) in [5.74, 6) is 1.25. The Labute approximate surface area is 114 Å². The molecule has 4 nitrogen and oxygen atoms in total. The van der Waals surface area contributed by atoms with Gasteiger partial charge >= 0.3 is 0 Å². The van der Waals surface area contributed by atoms with Gasteiger partial charge < -0.3 is 9.15 Å². The molecule has 0 aliphatic heterocycles. The predicted octanol–water partition coefficient (Wildman–Crippen LogP) is 3.40. The molecule has 0 unspecified atom stereocenters. The van der Waals surface area contributed by atoms with Crippen LogP contribution in [0, 0.1) is 0 Å². The number of hydrogen-bond donors (Lipinski definition) is 0. The van der Waals surface area contributed by atoms with Crippen molar-refractivity contribution in [2.24, 2.45) is 0 Å². The molecule has 0 fully saturated rings. The van der Waals surface area contributed by atoms with E-state index in [9.17, 15) is 9.59 Å². The Morgan fingerprint density at radius 3 is 2.55 bits per heavy atom. The van der Waals surface area contributed by atoms with E-state index in [-0.39, 0.29) is 11.0 Å². The van der Waals surface area contributed by atoms with Gasteiger partial charge in [-0.2, -0.15) is 0 Å². The first-order valence-corrected chi connectivity index (χ1v) is 6.01. The third-order valence-electron chi connectivity index (χ3n) is 2.88. The summed E-state index contributed by atoms with van der Waals surface area (Å²) in [7, 11) is 0. The Kier molecular flexibility index (Phi) is 3.05. The maximum absolute atomic E-state index is 11.9. The molecule has 2 aromatic carbocycles. The van der Waals surface area contributed by atoms with E-state index < -0.39 is 0 Å². The zero-order valence-electron chi connectivity index (χ0n) is 10.4. The minimum Gasteiger partial charge on any atom is -0.463 e. The second-order valence-electron chi connectivity index (χ2n) is 4.21. The molecule has 0 spiro atoms. The van der Waals surface area contributed by atoms with Gasteiger partial charge in [-0.25, -0.2) is 0 Å². The molecule has 0 atom stereocenters. The van der Waals surface area contributed by atoms with Crippen LogP contribution in [0.3, 0.4) is 0 Å². The molecule has 0 aliphatic rings. The molecular formula is C16H10O4. The largest absolute Gasteiger partial charge is 0.463 e. The fraction of sp³-hybridized carbons (Fsp3) is 0. The van der Waals surface area contributed by atoms with Crippen LogP contribution >= 0.6 is 0 Å². The molecule has 0 saturated carbocycles. The van der Waals surface area contributed by atoms with E-state index >= 15 is 0 Å². The summed E-state index contributed by atoms with van der Waals surface area (Å²) in [6.45, 7) is 0. The molecular weight excluding hydrogens is 256 g/mol. The lowest BCUT2D eigenvalue weighted by atomic mass is 10.2. The number of hydrogen-bond acceptors (Lipinski definition) is 4. The molecule has 3 aromatic rings. The molecule has 0 amide bonds. The Bertz CT molecular complexity index is 819. The van der Waals surface area contributed by atoms with Crippen molar-refractivity contribution in [2.75, 3.05) is 0 Å². The highest BCUT2D eigenvalue weighted by atomic mass is 16.5. The average molecular weight is 266 g/mol. The zero-order valence-corrected chi connectivity index (χ0v) is 10.4. The van der Waals surface area contributed by atoms with E-state index in [1.165, 1.54) is 0 Å². The molecule has 0 bridgehead atoms. The first kappa shape index (κ1) is 12.2.